The maximum Gasteiger partial charge on any atom is 0.231 e. The number of carbonyl (C=O) groups excluding carboxylic acids is 2. The van der Waals surface area contributed by atoms with Gasteiger partial charge in [-0.3, -0.25) is 0 Å². The second-order valence-corrected chi connectivity index (χ2v) is 3.96. The Bertz CT molecular complexity index is 571. The second-order valence-electron chi connectivity index (χ2n) is 3.96. The molecule has 2 rings (SSSR count). The van der Waals surface area contributed by atoms with Gasteiger partial charge in [0.05, 0.1) is 0 Å². The smallest absolute Gasteiger partial charge is 0.231 e. The van der Waals surface area contributed by atoms with Crippen LogP contribution in [-0.2, 0) is 9.59 Å². The van der Waals surface area contributed by atoms with Crippen LogP contribution in [0.5, 0.6) is 0 Å². The van der Waals surface area contributed by atoms with Crippen LogP contribution < -0.4 is 5.32 Å². The fourth-order valence-corrected chi connectivity index (χ4v) is 1.57. The summed E-state index contributed by atoms with van der Waals surface area (Å²) in [5.74, 6) is 0. The number of hydrogen-bond acceptors (Lipinski definition) is 5. The molecule has 0 saturated heterocycles. The van der Waals surface area contributed by atoms with Crippen LogP contribution in [0.15, 0.2) is 48.5 Å². The average Bonchev–Trinajstić information content (AvgIpc) is 2.45. The van der Waals surface area contributed by atoms with Gasteiger partial charge in [0.25, 0.3) is 0 Å². The molecule has 2 aromatic carbocycles. The van der Waals surface area contributed by atoms with Crippen LogP contribution in [0.2, 0.25) is 0 Å². The highest BCUT2D eigenvalue weighted by atomic mass is 16.1. The summed E-state index contributed by atoms with van der Waals surface area (Å²) in [5, 5.41) is 14.2. The lowest BCUT2D eigenvalue weighted by Gasteiger charge is -2.11. The number of benzene rings is 2. The molecular weight excluding hydrogens is 266 g/mol. The molecule has 0 fully saturated rings. The number of anilines is 2. The summed E-state index contributed by atoms with van der Waals surface area (Å²) in [5.41, 5.74) is 4.88. The van der Waals surface area contributed by atoms with E-state index in [0.29, 0.717) is 0 Å². The highest BCUT2D eigenvalue weighted by Crippen LogP contribution is 2.22. The third kappa shape index (κ3) is 7.23. The topological polar surface area (TPSA) is 93.9 Å². The molecule has 108 valence electrons. The van der Waals surface area contributed by atoms with Crippen LogP contribution in [-0.4, -0.2) is 12.2 Å². The quantitative estimate of drug-likeness (QED) is 0.577. The molecule has 0 amide bonds. The Balaban J connectivity index is 0.000000578. The Hall–Kier alpha value is -3.00. The lowest BCUT2D eigenvalue weighted by molar-refractivity contribution is 0.562. The maximum atomic E-state index is 8.35. The van der Waals surface area contributed by atoms with Gasteiger partial charge in [-0.2, -0.15) is 0 Å². The number of hydrogen-bond donors (Lipinski definition) is 3. The van der Waals surface area contributed by atoms with E-state index < -0.39 is 0 Å². The van der Waals surface area contributed by atoms with Crippen molar-refractivity contribution in [3.63, 3.8) is 0 Å². The molecule has 3 N–H and O–H groups in total. The molecule has 0 aromatic heterocycles. The summed E-state index contributed by atoms with van der Waals surface area (Å²) >= 11 is 0. The Kier molecular flexibility index (Phi) is 9.33. The normalized spacial score (nSPS) is 7.90. The van der Waals surface area contributed by atoms with Crippen LogP contribution in [0, 0.1) is 24.7 Å². The van der Waals surface area contributed by atoms with Gasteiger partial charge in [0.15, 0.2) is 0 Å². The molecule has 0 spiro atoms. The minimum absolute atomic E-state index is 0.750. The van der Waals surface area contributed by atoms with Crippen molar-refractivity contribution in [3.8, 4) is 0 Å². The Morgan fingerprint density at radius 1 is 0.762 bits per heavy atom. The van der Waals surface area contributed by atoms with Crippen molar-refractivity contribution in [2.24, 2.45) is 0 Å². The largest absolute Gasteiger partial charge is 0.355 e. The molecule has 5 heteroatoms. The van der Waals surface area contributed by atoms with E-state index in [0.717, 1.165) is 12.2 Å². The minimum Gasteiger partial charge on any atom is -0.355 e. The van der Waals surface area contributed by atoms with Crippen LogP contribution in [0.3, 0.4) is 0 Å². The second kappa shape index (κ2) is 10.9. The van der Waals surface area contributed by atoms with E-state index in [1.54, 1.807) is 0 Å². The third-order valence-electron chi connectivity index (χ3n) is 2.56. The first kappa shape index (κ1) is 18.0. The first-order chi connectivity index (χ1) is 10.1. The molecule has 0 unspecified atom stereocenters. The van der Waals surface area contributed by atoms with E-state index >= 15 is 0 Å². The van der Waals surface area contributed by atoms with E-state index in [4.69, 9.17) is 20.4 Å². The molecule has 0 aliphatic heterocycles. The van der Waals surface area contributed by atoms with Gasteiger partial charge in [-0.25, -0.2) is 20.4 Å². The van der Waals surface area contributed by atoms with E-state index in [1.807, 2.05) is 12.1 Å². The van der Waals surface area contributed by atoms with Gasteiger partial charge in [-0.1, -0.05) is 36.4 Å². The lowest BCUT2D eigenvalue weighted by atomic mass is 10.1. The SMILES string of the molecule is Cc1ccccc1Nc1ccccc1C.N=C=O.N=C=O. The van der Waals surface area contributed by atoms with Crippen molar-refractivity contribution in [1.29, 1.82) is 10.8 Å². The standard InChI is InChI=1S/C14H15N.2CHNO/c1-11-7-3-5-9-13(11)15-14-10-6-4-8-12(14)2;2*2-1-3/h3-10,15H,1-2H3;2*2H. The molecule has 0 bridgehead atoms. The van der Waals surface area contributed by atoms with Gasteiger partial charge in [0, 0.05) is 11.4 Å². The summed E-state index contributed by atoms with van der Waals surface area (Å²) < 4.78 is 0. The molecule has 21 heavy (non-hydrogen) atoms. The number of aryl methyl sites for hydroxylation is 2. The maximum absolute atomic E-state index is 8.35. The minimum atomic E-state index is 0.750. The molecule has 2 aromatic rings. The van der Waals surface area contributed by atoms with Crippen LogP contribution in [0.4, 0.5) is 11.4 Å². The van der Waals surface area contributed by atoms with Crippen molar-refractivity contribution >= 4 is 23.5 Å². The molecular formula is C16H17N3O2. The number of nitrogens with one attached hydrogen (secondary N) is 3. The van der Waals surface area contributed by atoms with Crippen molar-refractivity contribution in [2.75, 3.05) is 5.32 Å². The number of para-hydroxylation sites is 2. The van der Waals surface area contributed by atoms with E-state index in [9.17, 15) is 0 Å². The monoisotopic (exact) mass is 283 g/mol. The Morgan fingerprint density at radius 3 is 1.33 bits per heavy atom. The fraction of sp³-hybridized carbons (Fsp3) is 0.125. The number of isocyanates is 2. The zero-order valence-electron chi connectivity index (χ0n) is 11.9. The molecule has 0 aliphatic rings. The first-order valence-electron chi connectivity index (χ1n) is 6.06. The molecule has 0 radical (unpaired) electrons. The third-order valence-corrected chi connectivity index (χ3v) is 2.56. The van der Waals surface area contributed by atoms with Crippen molar-refractivity contribution < 1.29 is 9.59 Å². The van der Waals surface area contributed by atoms with Gasteiger partial charge in [0.2, 0.25) is 12.2 Å². The van der Waals surface area contributed by atoms with Crippen LogP contribution in [0.25, 0.3) is 0 Å². The van der Waals surface area contributed by atoms with Gasteiger partial charge in [-0.05, 0) is 37.1 Å². The van der Waals surface area contributed by atoms with Gasteiger partial charge in [0.1, 0.15) is 0 Å². The fourth-order valence-electron chi connectivity index (χ4n) is 1.57. The highest BCUT2D eigenvalue weighted by Gasteiger charge is 1.99. The summed E-state index contributed by atoms with van der Waals surface area (Å²) in [6.07, 6.45) is 1.50. The molecule has 0 aliphatic carbocycles. The zero-order valence-corrected chi connectivity index (χ0v) is 11.9. The summed E-state index contributed by atoms with van der Waals surface area (Å²) in [6, 6.07) is 16.6. The van der Waals surface area contributed by atoms with E-state index in [2.05, 4.69) is 55.6 Å². The zero-order chi connectivity index (χ0) is 16.1. The Morgan fingerprint density at radius 2 is 1.05 bits per heavy atom. The van der Waals surface area contributed by atoms with Crippen LogP contribution >= 0.6 is 0 Å². The van der Waals surface area contributed by atoms with E-state index in [-0.39, 0.29) is 0 Å². The van der Waals surface area contributed by atoms with E-state index in [1.165, 1.54) is 22.5 Å². The number of rotatable bonds is 2. The van der Waals surface area contributed by atoms with Crippen molar-refractivity contribution in [3.05, 3.63) is 59.7 Å². The van der Waals surface area contributed by atoms with Crippen LogP contribution in [0.1, 0.15) is 11.1 Å². The molecule has 0 heterocycles. The average molecular weight is 283 g/mol. The molecule has 0 atom stereocenters. The van der Waals surface area contributed by atoms with Crippen molar-refractivity contribution in [2.45, 2.75) is 13.8 Å². The first-order valence-corrected chi connectivity index (χ1v) is 6.06. The van der Waals surface area contributed by atoms with Gasteiger partial charge in [-0.15, -0.1) is 0 Å². The Labute approximate surface area is 123 Å². The highest BCUT2D eigenvalue weighted by molar-refractivity contribution is 5.65. The molecule has 5 nitrogen and oxygen atoms in total. The van der Waals surface area contributed by atoms with Crippen molar-refractivity contribution in [1.82, 2.24) is 0 Å². The predicted octanol–water partition coefficient (Wildman–Crippen LogP) is 3.85. The summed E-state index contributed by atoms with van der Waals surface area (Å²) in [4.78, 5) is 16.7. The van der Waals surface area contributed by atoms with Gasteiger partial charge >= 0.3 is 0 Å². The molecule has 0 saturated carbocycles. The summed E-state index contributed by atoms with van der Waals surface area (Å²) in [6.45, 7) is 4.22. The van der Waals surface area contributed by atoms with Gasteiger partial charge < -0.3 is 5.32 Å². The summed E-state index contributed by atoms with van der Waals surface area (Å²) in [7, 11) is 0. The lowest BCUT2D eigenvalue weighted by Crippen LogP contribution is -1.94. The predicted molar refractivity (Wildman–Crippen MR) is 82.5 cm³/mol.